The van der Waals surface area contributed by atoms with Gasteiger partial charge >= 0.3 is 13.3 Å². The smallest absolute Gasteiger partial charge is 0.359 e. The summed E-state index contributed by atoms with van der Waals surface area (Å²) in [6, 6.07) is 0.109. The molecule has 1 aromatic rings. The second-order valence-electron chi connectivity index (χ2n) is 7.11. The third-order valence-electron chi connectivity index (χ3n) is 4.94. The molecule has 4 unspecified atom stereocenters. The highest BCUT2D eigenvalue weighted by Crippen LogP contribution is 2.50. The first kappa shape index (κ1) is 23.8. The van der Waals surface area contributed by atoms with Gasteiger partial charge in [-0.05, 0) is 19.5 Å². The van der Waals surface area contributed by atoms with Crippen LogP contribution in [0.1, 0.15) is 19.4 Å². The third kappa shape index (κ3) is 5.01. The highest BCUT2D eigenvalue weighted by atomic mass is 31.2. The Kier molecular flexibility index (Phi) is 7.18. The van der Waals surface area contributed by atoms with E-state index in [0.29, 0.717) is 0 Å². The molecule has 0 bridgehead atoms. The molecule has 1 saturated heterocycles. The van der Waals surface area contributed by atoms with Crippen molar-refractivity contribution in [2.75, 3.05) is 32.1 Å². The highest BCUT2D eigenvalue weighted by molar-refractivity contribution is 7.53. The lowest BCUT2D eigenvalue weighted by molar-refractivity contribution is -0.195. The molecule has 2 heterocycles. The second kappa shape index (κ2) is 8.74. The SMILES string of the molecule is C[C@@]1(F)C(O)C(COCC(O)(CCN)P(=O)(O)O)OCC1n1ccc(N)nc1=O. The summed E-state index contributed by atoms with van der Waals surface area (Å²) in [6.07, 6.45) is -2.14. The van der Waals surface area contributed by atoms with Crippen LogP contribution in [0.4, 0.5) is 10.2 Å². The van der Waals surface area contributed by atoms with Crippen LogP contribution in [-0.2, 0) is 14.0 Å². The minimum absolute atomic E-state index is 0.0367. The van der Waals surface area contributed by atoms with Crippen molar-refractivity contribution in [2.24, 2.45) is 5.73 Å². The number of nitrogens with zero attached hydrogens (tertiary/aromatic N) is 2. The van der Waals surface area contributed by atoms with Crippen LogP contribution < -0.4 is 17.2 Å². The number of anilines is 1. The summed E-state index contributed by atoms with van der Waals surface area (Å²) in [7, 11) is -4.96. The molecule has 0 saturated carbocycles. The molecule has 8 N–H and O–H groups in total. The summed E-state index contributed by atoms with van der Waals surface area (Å²) < 4.78 is 38.3. The quantitative estimate of drug-likeness (QED) is 0.246. The molecule has 2 rings (SSSR count). The Bertz CT molecular complexity index is 818. The van der Waals surface area contributed by atoms with Crippen molar-refractivity contribution < 1.29 is 38.4 Å². The molecule has 0 radical (unpaired) electrons. The largest absolute Gasteiger partial charge is 0.387 e. The van der Waals surface area contributed by atoms with Gasteiger partial charge < -0.3 is 40.9 Å². The van der Waals surface area contributed by atoms with Crippen LogP contribution >= 0.6 is 7.60 Å². The van der Waals surface area contributed by atoms with Crippen LogP contribution in [0.25, 0.3) is 0 Å². The van der Waals surface area contributed by atoms with Crippen molar-refractivity contribution in [3.8, 4) is 0 Å². The zero-order valence-electron chi connectivity index (χ0n) is 15.7. The van der Waals surface area contributed by atoms with E-state index in [1.807, 2.05) is 0 Å². The first-order valence-electron chi connectivity index (χ1n) is 8.72. The van der Waals surface area contributed by atoms with E-state index in [-0.39, 0.29) is 19.0 Å². The maximum Gasteiger partial charge on any atom is 0.359 e. The van der Waals surface area contributed by atoms with Crippen molar-refractivity contribution in [2.45, 2.75) is 42.6 Å². The molecule has 1 aliphatic heterocycles. The van der Waals surface area contributed by atoms with Crippen LogP contribution in [0.3, 0.4) is 0 Å². The van der Waals surface area contributed by atoms with Gasteiger partial charge in [0.2, 0.25) is 0 Å². The first-order chi connectivity index (χ1) is 13.3. The van der Waals surface area contributed by atoms with E-state index in [4.69, 9.17) is 20.9 Å². The molecule has 0 aliphatic carbocycles. The van der Waals surface area contributed by atoms with E-state index < -0.39 is 62.2 Å². The molecular formula is C15H26FN4O8P. The monoisotopic (exact) mass is 440 g/mol. The third-order valence-corrected chi connectivity index (χ3v) is 6.38. The van der Waals surface area contributed by atoms with Gasteiger partial charge in [-0.1, -0.05) is 0 Å². The molecule has 0 spiro atoms. The fourth-order valence-electron chi connectivity index (χ4n) is 3.06. The molecule has 12 nitrogen and oxygen atoms in total. The molecule has 29 heavy (non-hydrogen) atoms. The summed E-state index contributed by atoms with van der Waals surface area (Å²) in [5.74, 6) is -0.0367. The van der Waals surface area contributed by atoms with Crippen LogP contribution in [-0.4, -0.2) is 79.1 Å². The van der Waals surface area contributed by atoms with Gasteiger partial charge in [0.25, 0.3) is 0 Å². The number of halogens is 1. The Labute approximate surface area is 165 Å². The predicted molar refractivity (Wildman–Crippen MR) is 98.7 cm³/mol. The van der Waals surface area contributed by atoms with Gasteiger partial charge in [0.1, 0.15) is 18.0 Å². The van der Waals surface area contributed by atoms with Crippen molar-refractivity contribution in [1.29, 1.82) is 0 Å². The summed E-state index contributed by atoms with van der Waals surface area (Å²) in [5.41, 5.74) is 7.54. The van der Waals surface area contributed by atoms with Crippen LogP contribution in [0.5, 0.6) is 0 Å². The Morgan fingerprint density at radius 3 is 2.76 bits per heavy atom. The lowest BCUT2D eigenvalue weighted by Crippen LogP contribution is -2.59. The molecular weight excluding hydrogens is 414 g/mol. The standard InChI is InChI=1S/C15H26FN4O8P/c1-14(16)10(20-5-2-11(18)19-13(20)22)7-28-9(12(14)21)6-27-8-15(23,3-4-17)29(24,25)26/h2,5,9-10,12,21,23H,3-4,6-8,17H2,1H3,(H2,18,19,22)(H2,24,25,26)/t9?,10?,12?,14-,15?/m0/s1. The Morgan fingerprint density at radius 2 is 2.21 bits per heavy atom. The molecule has 0 aromatic carbocycles. The molecule has 0 amide bonds. The summed E-state index contributed by atoms with van der Waals surface area (Å²) in [4.78, 5) is 34.1. The molecule has 14 heteroatoms. The topological polar surface area (TPSA) is 203 Å². The molecule has 5 atom stereocenters. The first-order valence-corrected chi connectivity index (χ1v) is 10.3. The van der Waals surface area contributed by atoms with Gasteiger partial charge in [-0.3, -0.25) is 9.13 Å². The van der Waals surface area contributed by atoms with E-state index in [2.05, 4.69) is 4.98 Å². The number of nitrogen functional groups attached to an aromatic ring is 1. The van der Waals surface area contributed by atoms with Gasteiger partial charge in [0.05, 0.1) is 25.9 Å². The molecule has 1 aromatic heterocycles. The number of aliphatic hydroxyl groups excluding tert-OH is 1. The van der Waals surface area contributed by atoms with E-state index in [9.17, 15) is 29.4 Å². The average Bonchev–Trinajstić information content (AvgIpc) is 2.59. The lowest BCUT2D eigenvalue weighted by atomic mass is 9.86. The van der Waals surface area contributed by atoms with Gasteiger partial charge in [-0.2, -0.15) is 4.98 Å². The van der Waals surface area contributed by atoms with Gasteiger partial charge in [0.15, 0.2) is 11.0 Å². The Hall–Kier alpha value is -1.44. The molecule has 1 aliphatic rings. The predicted octanol–water partition coefficient (Wildman–Crippen LogP) is -1.91. The minimum Gasteiger partial charge on any atom is -0.387 e. The van der Waals surface area contributed by atoms with Gasteiger partial charge in [-0.25, -0.2) is 9.18 Å². The normalized spacial score (nSPS) is 30.1. The Balaban J connectivity index is 2.08. The van der Waals surface area contributed by atoms with Crippen LogP contribution in [0, 0.1) is 0 Å². The number of alkyl halides is 1. The van der Waals surface area contributed by atoms with Gasteiger partial charge in [-0.15, -0.1) is 0 Å². The average molecular weight is 440 g/mol. The number of ether oxygens (including phenoxy) is 2. The number of hydrogen-bond donors (Lipinski definition) is 6. The Morgan fingerprint density at radius 1 is 1.55 bits per heavy atom. The number of aromatic nitrogens is 2. The summed E-state index contributed by atoms with van der Waals surface area (Å²) in [6.45, 7) is -0.692. The lowest BCUT2D eigenvalue weighted by Gasteiger charge is -2.43. The second-order valence-corrected chi connectivity index (χ2v) is 9.03. The fraction of sp³-hybridized carbons (Fsp3) is 0.733. The number of rotatable bonds is 8. The maximum atomic E-state index is 15.3. The van der Waals surface area contributed by atoms with Crippen molar-refractivity contribution in [3.63, 3.8) is 0 Å². The van der Waals surface area contributed by atoms with E-state index in [1.54, 1.807) is 0 Å². The van der Waals surface area contributed by atoms with Crippen molar-refractivity contribution in [1.82, 2.24) is 9.55 Å². The van der Waals surface area contributed by atoms with Gasteiger partial charge in [0, 0.05) is 12.6 Å². The van der Waals surface area contributed by atoms with E-state index in [0.717, 1.165) is 11.5 Å². The summed E-state index contributed by atoms with van der Waals surface area (Å²) >= 11 is 0. The molecule has 1 fully saturated rings. The maximum absolute atomic E-state index is 15.3. The van der Waals surface area contributed by atoms with Crippen LogP contribution in [0.15, 0.2) is 17.1 Å². The zero-order chi connectivity index (χ0) is 22.0. The van der Waals surface area contributed by atoms with E-state index in [1.165, 1.54) is 12.3 Å². The zero-order valence-corrected chi connectivity index (χ0v) is 16.6. The minimum atomic E-state index is -4.96. The van der Waals surface area contributed by atoms with Crippen molar-refractivity contribution >= 4 is 13.4 Å². The number of aliphatic hydroxyl groups is 2. The summed E-state index contributed by atoms with van der Waals surface area (Å²) in [5, 5.41) is 18.0. The van der Waals surface area contributed by atoms with E-state index >= 15 is 4.39 Å². The van der Waals surface area contributed by atoms with Crippen molar-refractivity contribution in [3.05, 3.63) is 22.7 Å². The fourth-order valence-corrected chi connectivity index (χ4v) is 3.74. The van der Waals surface area contributed by atoms with Crippen LogP contribution in [0.2, 0.25) is 0 Å². The highest BCUT2D eigenvalue weighted by Gasteiger charge is 2.51. The molecule has 166 valence electrons. The number of nitrogens with two attached hydrogens (primary N) is 2. The number of hydrogen-bond acceptors (Lipinski definition) is 9.